The van der Waals surface area contributed by atoms with Gasteiger partial charge in [0.05, 0.1) is 43.9 Å². The molecule has 4 saturated heterocycles. The van der Waals surface area contributed by atoms with Crippen molar-refractivity contribution in [3.63, 3.8) is 0 Å². The van der Waals surface area contributed by atoms with Crippen LogP contribution in [0.4, 0.5) is 4.79 Å². The number of hydrogen-bond acceptors (Lipinski definition) is 29. The molecule has 0 saturated carbocycles. The molecule has 3 amide bonds. The van der Waals surface area contributed by atoms with Crippen LogP contribution in [0.15, 0.2) is 91.5 Å². The number of nitrogens with one attached hydrogen (secondary N) is 3. The van der Waals surface area contributed by atoms with E-state index in [1.165, 1.54) is 18.2 Å². The van der Waals surface area contributed by atoms with E-state index in [1.807, 2.05) is 6.92 Å². The molecular formula is C67H83N3O29. The second-order valence-corrected chi connectivity index (χ2v) is 23.9. The summed E-state index contributed by atoms with van der Waals surface area (Å²) in [5.74, 6) is -14.3. The Kier molecular flexibility index (Phi) is 27.5. The number of amides is 3. The highest BCUT2D eigenvalue weighted by Gasteiger charge is 2.62. The van der Waals surface area contributed by atoms with Crippen LogP contribution in [0.5, 0.6) is 0 Å². The summed E-state index contributed by atoms with van der Waals surface area (Å²) < 4.78 is 102. The molecule has 99 heavy (non-hydrogen) atoms. The molecule has 0 bridgehead atoms. The van der Waals surface area contributed by atoms with Crippen LogP contribution in [-0.4, -0.2) is 220 Å². The molecule has 3 aromatic carbocycles. The topological polar surface area (TPSA) is 401 Å². The van der Waals surface area contributed by atoms with Gasteiger partial charge in [-0.05, 0) is 57.5 Å². The van der Waals surface area contributed by atoms with Crippen molar-refractivity contribution in [2.75, 3.05) is 40.1 Å². The van der Waals surface area contributed by atoms with Crippen LogP contribution in [-0.2, 0) is 125 Å². The first-order valence-electron chi connectivity index (χ1n) is 31.4. The summed E-state index contributed by atoms with van der Waals surface area (Å²) >= 11 is 0. The van der Waals surface area contributed by atoms with Crippen LogP contribution in [0.1, 0.15) is 99.2 Å². The van der Waals surface area contributed by atoms with Crippen molar-refractivity contribution >= 4 is 65.7 Å². The Balaban J connectivity index is 1.36. The first kappa shape index (κ1) is 77.4. The van der Waals surface area contributed by atoms with Gasteiger partial charge < -0.3 is 102 Å². The second kappa shape index (κ2) is 35.2. The normalized spacial score (nSPS) is 26.9. The van der Waals surface area contributed by atoms with E-state index in [9.17, 15) is 57.8 Å². The predicted octanol–water partition coefficient (Wildman–Crippen LogP) is 2.49. The van der Waals surface area contributed by atoms with E-state index < -0.39 is 208 Å². The lowest BCUT2D eigenvalue weighted by Gasteiger charge is -2.50. The van der Waals surface area contributed by atoms with Crippen molar-refractivity contribution in [3.8, 4) is 0 Å². The molecule has 4 fully saturated rings. The summed E-state index contributed by atoms with van der Waals surface area (Å²) in [5, 5.41) is 20.6. The molecule has 0 radical (unpaired) electrons. The molecule has 0 aromatic heterocycles. The van der Waals surface area contributed by atoms with Crippen molar-refractivity contribution in [2.45, 2.75) is 192 Å². The number of fused-ring (bicyclic) bond motifs is 1. The Morgan fingerprint density at radius 1 is 0.646 bits per heavy atom. The van der Waals surface area contributed by atoms with Crippen molar-refractivity contribution in [1.29, 1.82) is 0 Å². The fourth-order valence-corrected chi connectivity index (χ4v) is 11.2. The van der Waals surface area contributed by atoms with Crippen molar-refractivity contribution in [3.05, 3.63) is 119 Å². The van der Waals surface area contributed by atoms with Crippen LogP contribution in [0.25, 0.3) is 0 Å². The summed E-state index contributed by atoms with van der Waals surface area (Å²) in [5.41, 5.74) is 2.43. The number of aryl methyl sites for hydroxylation is 2. The average molecular weight is 1390 g/mol. The van der Waals surface area contributed by atoms with Gasteiger partial charge in [-0.15, -0.1) is 0 Å². The van der Waals surface area contributed by atoms with Crippen molar-refractivity contribution < 1.29 is 138 Å². The maximum absolute atomic E-state index is 14.7. The summed E-state index contributed by atoms with van der Waals surface area (Å²) in [6, 6.07) is 16.1. The zero-order valence-corrected chi connectivity index (χ0v) is 56.4. The monoisotopic (exact) mass is 1390 g/mol. The lowest BCUT2D eigenvalue weighted by atomic mass is 9.87. The van der Waals surface area contributed by atoms with Gasteiger partial charge >= 0.3 is 53.8 Å². The lowest BCUT2D eigenvalue weighted by molar-refractivity contribution is -0.350. The smallest absolute Gasteiger partial charge is 0.408 e. The molecule has 32 heteroatoms. The van der Waals surface area contributed by atoms with Crippen LogP contribution in [0.2, 0.25) is 0 Å². The van der Waals surface area contributed by atoms with Crippen molar-refractivity contribution in [1.82, 2.24) is 16.0 Å². The Labute approximate surface area is 569 Å². The van der Waals surface area contributed by atoms with E-state index in [0.29, 0.717) is 5.56 Å². The average Bonchev–Trinajstić information content (AvgIpc) is 1.44. The summed E-state index contributed by atoms with van der Waals surface area (Å²) in [6.45, 7) is 12.3. The molecule has 0 aliphatic carbocycles. The third-order valence-electron chi connectivity index (χ3n) is 15.5. The first-order chi connectivity index (χ1) is 46.9. The molecule has 540 valence electrons. The van der Waals surface area contributed by atoms with Crippen LogP contribution < -0.4 is 16.0 Å². The third kappa shape index (κ3) is 21.5. The highest BCUT2D eigenvalue weighted by atomic mass is 16.8. The Bertz CT molecular complexity index is 3350. The SMILES string of the molecule is C=CCOC(=O)[C@H](CO[C@H]1O[C@H](CO[C@]2(C(=O)OC)C[C@H](OC(C)=O)[C@@H](NC(C)=O)[C@H]([C@H](OC(C)=O)[C@@H](COC(C)=O)OC(C)=O)O2)[C@H](O)[C@H](O[C@@H]2O[C@H](COC(=O)c3ccc(C)cc3)[C@@H]3OC(C)(C)O[C@@H]3[C@H]2OC(=O)c2ccc(C)cc2)[C@H]1NC(C)=O)NC(=O)OCc1ccccc1. The highest BCUT2D eigenvalue weighted by molar-refractivity contribution is 5.90. The number of carbonyl (C=O) groups excluding carboxylic acids is 11. The third-order valence-corrected chi connectivity index (χ3v) is 15.5. The standard InChI is InChI=1S/C67H83N3O29/c1-13-27-84-61(80)45(70-65(82)88-29-42-17-15-14-16-18-42)30-87-62-51(69-37(5)72)55(96-63-58(95-60(79)44-25-21-35(3)22-26-44)57-54(97-66(10,11)98-57)49(94-63)32-86-59(78)43-23-19-34(2)20-24-43)52(77)47(93-62)33-89-67(64(81)83-12)28-46(90-39(7)74)50(68-36(4)71)56(99-67)53(92-41(9)76)48(91-40(8)75)31-85-38(6)73/h13-26,45-58,62-63,77H,1,27-33H2,2-12H3,(H,68,71)(H,69,72)(H,70,82)/t45-,46-,47+,48+,49+,50+,51+,52-,53+,54-,55+,56+,57-,58+,62-,63-,67+/m0/s1. The zero-order chi connectivity index (χ0) is 72.5. The molecule has 4 N–H and O–H groups in total. The van der Waals surface area contributed by atoms with Gasteiger partial charge in [-0.25, -0.2) is 24.0 Å². The largest absolute Gasteiger partial charge is 0.465 e. The number of rotatable bonds is 29. The molecule has 0 spiro atoms. The maximum Gasteiger partial charge on any atom is 0.408 e. The van der Waals surface area contributed by atoms with Crippen LogP contribution in [0.3, 0.4) is 0 Å². The van der Waals surface area contributed by atoms with Gasteiger partial charge in [-0.1, -0.05) is 78.4 Å². The number of benzene rings is 3. The van der Waals surface area contributed by atoms with Crippen molar-refractivity contribution in [2.24, 2.45) is 0 Å². The van der Waals surface area contributed by atoms with E-state index in [4.69, 9.17) is 80.5 Å². The summed E-state index contributed by atoms with van der Waals surface area (Å²) in [4.78, 5) is 148. The Hall–Kier alpha value is -8.99. The van der Waals surface area contributed by atoms with E-state index in [-0.39, 0.29) is 24.3 Å². The Morgan fingerprint density at radius 2 is 1.25 bits per heavy atom. The number of ether oxygens (including phenoxy) is 17. The summed E-state index contributed by atoms with van der Waals surface area (Å²) in [6.07, 6.45) is -24.1. The first-order valence-corrected chi connectivity index (χ1v) is 31.4. The quantitative estimate of drug-likeness (QED) is 0.0440. The number of esters is 8. The number of alkyl carbamates (subject to hydrolysis) is 1. The predicted molar refractivity (Wildman–Crippen MR) is 333 cm³/mol. The number of aliphatic hydroxyl groups is 1. The minimum Gasteiger partial charge on any atom is -0.465 e. The van der Waals surface area contributed by atoms with Crippen LogP contribution in [0, 0.1) is 13.8 Å². The van der Waals surface area contributed by atoms with E-state index in [0.717, 1.165) is 59.8 Å². The number of aliphatic hydroxyl groups excluding tert-OH is 1. The molecule has 32 nitrogen and oxygen atoms in total. The minimum atomic E-state index is -2.95. The summed E-state index contributed by atoms with van der Waals surface area (Å²) in [7, 11) is 0.895. The molecule has 4 aliphatic heterocycles. The Morgan fingerprint density at radius 3 is 1.84 bits per heavy atom. The van der Waals surface area contributed by atoms with Gasteiger partial charge in [0.1, 0.15) is 81.3 Å². The van der Waals surface area contributed by atoms with E-state index in [2.05, 4.69) is 22.5 Å². The molecular weight excluding hydrogens is 1310 g/mol. The fourth-order valence-electron chi connectivity index (χ4n) is 11.2. The van der Waals surface area contributed by atoms with Gasteiger partial charge in [0.2, 0.25) is 11.8 Å². The van der Waals surface area contributed by atoms with Gasteiger partial charge in [-0.2, -0.15) is 0 Å². The fraction of sp³-hybridized carbons (Fsp3) is 0.537. The number of methoxy groups -OCH3 is 1. The molecule has 4 heterocycles. The van der Waals surface area contributed by atoms with E-state index in [1.54, 1.807) is 87.5 Å². The van der Waals surface area contributed by atoms with Crippen LogP contribution >= 0.6 is 0 Å². The maximum atomic E-state index is 14.7. The van der Waals surface area contributed by atoms with Gasteiger partial charge in [0.25, 0.3) is 5.79 Å². The highest BCUT2D eigenvalue weighted by Crippen LogP contribution is 2.42. The number of hydrogen-bond donors (Lipinski definition) is 4. The molecule has 7 rings (SSSR count). The lowest BCUT2D eigenvalue weighted by Crippen LogP contribution is -2.70. The zero-order valence-electron chi connectivity index (χ0n) is 56.4. The second-order valence-electron chi connectivity index (χ2n) is 23.9. The van der Waals surface area contributed by atoms with Gasteiger partial charge in [0, 0.05) is 41.5 Å². The molecule has 3 aromatic rings. The van der Waals surface area contributed by atoms with Gasteiger partial charge in [0.15, 0.2) is 42.7 Å². The number of carbonyl (C=O) groups is 11. The molecule has 17 atom stereocenters. The van der Waals surface area contributed by atoms with E-state index >= 15 is 0 Å². The van der Waals surface area contributed by atoms with Gasteiger partial charge in [-0.3, -0.25) is 28.8 Å². The molecule has 0 unspecified atom stereocenters. The minimum absolute atomic E-state index is 0.0476. The molecule has 4 aliphatic rings.